The van der Waals surface area contributed by atoms with E-state index in [1.54, 1.807) is 24.3 Å². The zero-order valence-corrected chi connectivity index (χ0v) is 15.7. The van der Waals surface area contributed by atoms with Crippen LogP contribution in [0.4, 0.5) is 11.4 Å². The molecule has 0 aliphatic carbocycles. The molecule has 1 amide bonds. The number of anilines is 2. The Balaban J connectivity index is 1.37. The average Bonchev–Trinajstić information content (AvgIpc) is 3.28. The second-order valence-electron chi connectivity index (χ2n) is 6.81. The lowest BCUT2D eigenvalue weighted by atomic mass is 10.1. The molecule has 0 atom stereocenters. The lowest BCUT2D eigenvalue weighted by molar-refractivity contribution is -0.119. The Morgan fingerprint density at radius 1 is 1.03 bits per heavy atom. The van der Waals surface area contributed by atoms with Gasteiger partial charge >= 0.3 is 5.97 Å². The molecule has 2 N–H and O–H groups in total. The average molecular weight is 392 g/mol. The molecule has 0 radical (unpaired) electrons. The van der Waals surface area contributed by atoms with Crippen LogP contribution in [-0.4, -0.2) is 41.8 Å². The Labute approximate surface area is 166 Å². The van der Waals surface area contributed by atoms with Crippen molar-refractivity contribution in [2.45, 2.75) is 12.8 Å². The number of aromatic amines is 1. The van der Waals surface area contributed by atoms with Gasteiger partial charge in [0.1, 0.15) is 0 Å². The van der Waals surface area contributed by atoms with Crippen LogP contribution in [0.25, 0.3) is 10.8 Å². The molecular weight excluding hydrogens is 372 g/mol. The van der Waals surface area contributed by atoms with Gasteiger partial charge in [0.05, 0.1) is 5.39 Å². The van der Waals surface area contributed by atoms with Gasteiger partial charge in [-0.15, -0.1) is 0 Å². The summed E-state index contributed by atoms with van der Waals surface area (Å²) >= 11 is 0. The minimum Gasteiger partial charge on any atom is -0.451 e. The van der Waals surface area contributed by atoms with E-state index in [2.05, 4.69) is 20.4 Å². The topological polar surface area (TPSA) is 104 Å². The molecule has 0 spiro atoms. The van der Waals surface area contributed by atoms with Crippen LogP contribution in [0.3, 0.4) is 0 Å². The smallest absolute Gasteiger partial charge is 0.359 e. The van der Waals surface area contributed by atoms with Gasteiger partial charge in [-0.1, -0.05) is 18.2 Å². The van der Waals surface area contributed by atoms with Crippen molar-refractivity contribution in [1.82, 2.24) is 10.2 Å². The maximum atomic E-state index is 12.3. The predicted molar refractivity (Wildman–Crippen MR) is 109 cm³/mol. The molecule has 0 unspecified atom stereocenters. The highest BCUT2D eigenvalue weighted by Crippen LogP contribution is 2.22. The Bertz CT molecular complexity index is 1100. The van der Waals surface area contributed by atoms with E-state index in [-0.39, 0.29) is 5.69 Å². The number of rotatable bonds is 5. The molecule has 1 fully saturated rings. The molecule has 2 heterocycles. The van der Waals surface area contributed by atoms with Gasteiger partial charge in [-0.05, 0) is 43.2 Å². The van der Waals surface area contributed by atoms with Gasteiger partial charge in [0.25, 0.3) is 11.5 Å². The summed E-state index contributed by atoms with van der Waals surface area (Å²) in [4.78, 5) is 38.6. The van der Waals surface area contributed by atoms with Gasteiger partial charge < -0.3 is 15.0 Å². The fraction of sp³-hybridized carbons (Fsp3) is 0.238. The van der Waals surface area contributed by atoms with E-state index in [0.717, 1.165) is 18.8 Å². The van der Waals surface area contributed by atoms with Crippen LogP contribution in [-0.2, 0) is 9.53 Å². The summed E-state index contributed by atoms with van der Waals surface area (Å²) in [6, 6.07) is 14.1. The van der Waals surface area contributed by atoms with Crippen molar-refractivity contribution in [3.8, 4) is 0 Å². The third-order valence-electron chi connectivity index (χ3n) is 4.85. The first-order chi connectivity index (χ1) is 14.1. The summed E-state index contributed by atoms with van der Waals surface area (Å²) in [5.74, 6) is -1.24. The molecule has 1 aliphatic heterocycles. The predicted octanol–water partition coefficient (Wildman–Crippen LogP) is 2.32. The first kappa shape index (κ1) is 18.7. The van der Waals surface area contributed by atoms with E-state index < -0.39 is 24.0 Å². The number of esters is 1. The van der Waals surface area contributed by atoms with Gasteiger partial charge in [-0.3, -0.25) is 9.59 Å². The summed E-state index contributed by atoms with van der Waals surface area (Å²) in [5.41, 5.74) is 1.32. The van der Waals surface area contributed by atoms with Crippen molar-refractivity contribution in [1.29, 1.82) is 0 Å². The van der Waals surface area contributed by atoms with Gasteiger partial charge in [-0.2, -0.15) is 5.10 Å². The van der Waals surface area contributed by atoms with Crippen LogP contribution < -0.4 is 15.8 Å². The van der Waals surface area contributed by atoms with Crippen molar-refractivity contribution in [2.24, 2.45) is 0 Å². The van der Waals surface area contributed by atoms with Crippen LogP contribution in [0, 0.1) is 0 Å². The number of hydrogen-bond donors (Lipinski definition) is 2. The van der Waals surface area contributed by atoms with Gasteiger partial charge in [0.15, 0.2) is 12.3 Å². The number of benzene rings is 2. The zero-order chi connectivity index (χ0) is 20.2. The molecule has 1 saturated heterocycles. The number of H-pyrrole nitrogens is 1. The zero-order valence-electron chi connectivity index (χ0n) is 15.7. The monoisotopic (exact) mass is 392 g/mol. The maximum Gasteiger partial charge on any atom is 0.359 e. The number of amides is 1. The van der Waals surface area contributed by atoms with E-state index in [4.69, 9.17) is 4.74 Å². The SMILES string of the molecule is O=C(COC(=O)c1n[nH]c(=O)c2ccccc12)Nc1ccc(N2CCCC2)cc1. The Hall–Kier alpha value is -3.68. The largest absolute Gasteiger partial charge is 0.451 e. The van der Waals surface area contributed by atoms with Crippen LogP contribution >= 0.6 is 0 Å². The van der Waals surface area contributed by atoms with E-state index >= 15 is 0 Å². The summed E-state index contributed by atoms with van der Waals surface area (Å²) in [7, 11) is 0. The number of fused-ring (bicyclic) bond motifs is 1. The van der Waals surface area contributed by atoms with Crippen molar-refractivity contribution >= 4 is 34.0 Å². The number of carbonyl (C=O) groups excluding carboxylic acids is 2. The van der Waals surface area contributed by atoms with E-state index in [9.17, 15) is 14.4 Å². The van der Waals surface area contributed by atoms with Crippen LogP contribution in [0.5, 0.6) is 0 Å². The van der Waals surface area contributed by atoms with E-state index in [1.807, 2.05) is 24.3 Å². The fourth-order valence-corrected chi connectivity index (χ4v) is 3.40. The van der Waals surface area contributed by atoms with Gasteiger partial charge in [-0.25, -0.2) is 9.89 Å². The minimum absolute atomic E-state index is 0.0389. The van der Waals surface area contributed by atoms with Crippen molar-refractivity contribution in [3.05, 3.63) is 64.6 Å². The Morgan fingerprint density at radius 3 is 2.45 bits per heavy atom. The Kier molecular flexibility index (Phi) is 5.24. The standard InChI is InChI=1S/C21H20N4O4/c26-18(22-14-7-9-15(10-8-14)25-11-3-4-12-25)13-29-21(28)19-16-5-1-2-6-17(16)20(27)24-23-19/h1-2,5-10H,3-4,11-13H2,(H,22,26)(H,24,27). The second kappa shape index (κ2) is 8.14. The summed E-state index contributed by atoms with van der Waals surface area (Å²) in [5, 5.41) is 9.44. The highest BCUT2D eigenvalue weighted by atomic mass is 16.5. The molecular formula is C21H20N4O4. The molecule has 4 rings (SSSR count). The lowest BCUT2D eigenvalue weighted by Crippen LogP contribution is -2.23. The summed E-state index contributed by atoms with van der Waals surface area (Å²) < 4.78 is 5.07. The molecule has 0 bridgehead atoms. The summed E-state index contributed by atoms with van der Waals surface area (Å²) in [6.45, 7) is 1.64. The molecule has 8 nitrogen and oxygen atoms in total. The molecule has 148 valence electrons. The first-order valence-corrected chi connectivity index (χ1v) is 9.41. The Morgan fingerprint density at radius 2 is 1.72 bits per heavy atom. The molecule has 1 aromatic heterocycles. The lowest BCUT2D eigenvalue weighted by Gasteiger charge is -2.17. The third kappa shape index (κ3) is 4.11. The number of aromatic nitrogens is 2. The molecule has 8 heteroatoms. The highest BCUT2D eigenvalue weighted by Gasteiger charge is 2.17. The highest BCUT2D eigenvalue weighted by molar-refractivity contribution is 6.03. The normalized spacial score (nSPS) is 13.4. The van der Waals surface area contributed by atoms with Crippen LogP contribution in [0.15, 0.2) is 53.3 Å². The number of nitrogens with zero attached hydrogens (tertiary/aromatic N) is 2. The number of hydrogen-bond acceptors (Lipinski definition) is 6. The quantitative estimate of drug-likeness (QED) is 0.646. The molecule has 3 aromatic rings. The van der Waals surface area contributed by atoms with Gasteiger partial charge in [0.2, 0.25) is 0 Å². The third-order valence-corrected chi connectivity index (χ3v) is 4.85. The second-order valence-corrected chi connectivity index (χ2v) is 6.81. The van der Waals surface area contributed by atoms with E-state index in [1.165, 1.54) is 12.8 Å². The molecule has 29 heavy (non-hydrogen) atoms. The molecule has 1 aliphatic rings. The van der Waals surface area contributed by atoms with Crippen molar-refractivity contribution in [3.63, 3.8) is 0 Å². The molecule has 2 aromatic carbocycles. The van der Waals surface area contributed by atoms with Crippen molar-refractivity contribution < 1.29 is 14.3 Å². The van der Waals surface area contributed by atoms with Gasteiger partial charge in [0, 0.05) is 29.9 Å². The number of carbonyl (C=O) groups is 2. The fourth-order valence-electron chi connectivity index (χ4n) is 3.40. The summed E-state index contributed by atoms with van der Waals surface area (Å²) in [6.07, 6.45) is 2.40. The number of nitrogens with one attached hydrogen (secondary N) is 2. The number of ether oxygens (including phenoxy) is 1. The van der Waals surface area contributed by atoms with E-state index in [0.29, 0.717) is 16.5 Å². The van der Waals surface area contributed by atoms with Crippen LogP contribution in [0.2, 0.25) is 0 Å². The maximum absolute atomic E-state index is 12.3. The minimum atomic E-state index is -0.781. The van der Waals surface area contributed by atoms with Crippen LogP contribution in [0.1, 0.15) is 23.3 Å². The molecule has 0 saturated carbocycles. The first-order valence-electron chi connectivity index (χ1n) is 9.41. The van der Waals surface area contributed by atoms with Crippen molar-refractivity contribution in [2.75, 3.05) is 29.9 Å².